The maximum absolute atomic E-state index is 13.0. The smallest absolute Gasteiger partial charge is 0.271 e. The van der Waals surface area contributed by atoms with Crippen LogP contribution in [0.5, 0.6) is 17.2 Å². The Bertz CT molecular complexity index is 808. The number of halogens is 1. The fourth-order valence-electron chi connectivity index (χ4n) is 2.47. The summed E-state index contributed by atoms with van der Waals surface area (Å²) in [6.45, 7) is 8.55. The van der Waals surface area contributed by atoms with Crippen molar-refractivity contribution in [3.05, 3.63) is 53.3 Å². The van der Waals surface area contributed by atoms with Gasteiger partial charge in [-0.3, -0.25) is 4.79 Å². The molecule has 0 spiro atoms. The Balaban J connectivity index is 2.28. The van der Waals surface area contributed by atoms with E-state index < -0.39 is 5.91 Å². The molecule has 0 atom stereocenters. The van der Waals surface area contributed by atoms with Crippen LogP contribution in [0.1, 0.15) is 43.6 Å². The summed E-state index contributed by atoms with van der Waals surface area (Å²) in [7, 11) is 0. The quantitative estimate of drug-likeness (QED) is 0.517. The predicted octanol–water partition coefficient (Wildman–Crippen LogP) is 4.18. The number of carbonyl (C=O) groups excluding carboxylic acids is 1. The van der Waals surface area contributed by atoms with E-state index in [2.05, 4.69) is 10.5 Å². The molecule has 0 radical (unpaired) electrons. The number of hydrazone groups is 1. The number of rotatable bonds is 9. The van der Waals surface area contributed by atoms with E-state index in [0.29, 0.717) is 53.9 Å². The van der Waals surface area contributed by atoms with Gasteiger partial charge < -0.3 is 14.2 Å². The van der Waals surface area contributed by atoms with Crippen molar-refractivity contribution in [2.75, 3.05) is 19.8 Å². The van der Waals surface area contributed by atoms with Crippen molar-refractivity contribution >= 4 is 11.6 Å². The van der Waals surface area contributed by atoms with E-state index in [1.807, 2.05) is 20.8 Å². The van der Waals surface area contributed by atoms with E-state index in [4.69, 9.17) is 14.2 Å². The van der Waals surface area contributed by atoms with E-state index in [-0.39, 0.29) is 5.82 Å². The van der Waals surface area contributed by atoms with Crippen molar-refractivity contribution in [1.29, 1.82) is 0 Å². The molecule has 2 aromatic rings. The summed E-state index contributed by atoms with van der Waals surface area (Å²) < 4.78 is 29.9. The summed E-state index contributed by atoms with van der Waals surface area (Å²) in [6, 6.07) is 9.05. The second kappa shape index (κ2) is 10.3. The van der Waals surface area contributed by atoms with Crippen LogP contribution in [0.15, 0.2) is 41.5 Å². The van der Waals surface area contributed by atoms with Crippen LogP contribution in [0.25, 0.3) is 0 Å². The van der Waals surface area contributed by atoms with E-state index in [9.17, 15) is 9.18 Å². The lowest BCUT2D eigenvalue weighted by molar-refractivity contribution is 0.0953. The molecule has 0 bridgehead atoms. The van der Waals surface area contributed by atoms with Gasteiger partial charge in [-0.25, -0.2) is 9.82 Å². The van der Waals surface area contributed by atoms with Crippen molar-refractivity contribution in [3.8, 4) is 17.2 Å². The molecule has 2 rings (SSSR count). The maximum Gasteiger partial charge on any atom is 0.271 e. The van der Waals surface area contributed by atoms with E-state index in [1.165, 1.54) is 12.1 Å². The zero-order valence-electron chi connectivity index (χ0n) is 16.5. The minimum Gasteiger partial charge on any atom is -0.490 e. The van der Waals surface area contributed by atoms with Crippen molar-refractivity contribution in [2.45, 2.75) is 27.7 Å². The first kappa shape index (κ1) is 21.2. The van der Waals surface area contributed by atoms with Gasteiger partial charge in [-0.2, -0.15) is 5.10 Å². The lowest BCUT2D eigenvalue weighted by atomic mass is 10.1. The van der Waals surface area contributed by atoms with Crippen molar-refractivity contribution in [2.24, 2.45) is 5.10 Å². The average molecular weight is 388 g/mol. The zero-order chi connectivity index (χ0) is 20.5. The Kier molecular flexibility index (Phi) is 7.80. The standard InChI is InChI=1S/C21H25FN2O4/c1-5-26-18-12-16(13-19(27-6-2)20(18)28-7-3)21(25)24-23-14(4)15-8-10-17(22)11-9-15/h8-13H,5-7H2,1-4H3,(H,24,25)/b23-14+. The van der Waals surface area contributed by atoms with Crippen LogP contribution < -0.4 is 19.6 Å². The van der Waals surface area contributed by atoms with Crippen LogP contribution in [-0.4, -0.2) is 31.4 Å². The minimum atomic E-state index is -0.425. The summed E-state index contributed by atoms with van der Waals surface area (Å²) in [4.78, 5) is 12.6. The highest BCUT2D eigenvalue weighted by atomic mass is 19.1. The average Bonchev–Trinajstić information content (AvgIpc) is 2.69. The Morgan fingerprint density at radius 1 is 0.929 bits per heavy atom. The van der Waals surface area contributed by atoms with Crippen LogP contribution >= 0.6 is 0 Å². The molecular formula is C21H25FN2O4. The second-order valence-electron chi connectivity index (χ2n) is 5.75. The lowest BCUT2D eigenvalue weighted by Gasteiger charge is -2.16. The predicted molar refractivity (Wildman–Crippen MR) is 106 cm³/mol. The number of nitrogens with one attached hydrogen (secondary N) is 1. The van der Waals surface area contributed by atoms with Gasteiger partial charge in [0.05, 0.1) is 25.5 Å². The molecule has 150 valence electrons. The lowest BCUT2D eigenvalue weighted by Crippen LogP contribution is -2.20. The Morgan fingerprint density at radius 2 is 1.46 bits per heavy atom. The van der Waals surface area contributed by atoms with Gasteiger partial charge in [-0.05, 0) is 57.5 Å². The SMILES string of the molecule is CCOc1cc(C(=O)N/N=C(\C)c2ccc(F)cc2)cc(OCC)c1OCC. The van der Waals surface area contributed by atoms with Crippen LogP contribution in [0.4, 0.5) is 4.39 Å². The van der Waals surface area contributed by atoms with E-state index >= 15 is 0 Å². The molecule has 0 saturated carbocycles. The van der Waals surface area contributed by atoms with Crippen molar-refractivity contribution < 1.29 is 23.4 Å². The summed E-state index contributed by atoms with van der Waals surface area (Å²) in [5.74, 6) is 0.571. The number of ether oxygens (including phenoxy) is 3. The largest absolute Gasteiger partial charge is 0.490 e. The van der Waals surface area contributed by atoms with Gasteiger partial charge in [0, 0.05) is 5.56 Å². The molecule has 0 fully saturated rings. The number of hydrogen-bond acceptors (Lipinski definition) is 5. The fraction of sp³-hybridized carbons (Fsp3) is 0.333. The fourth-order valence-corrected chi connectivity index (χ4v) is 2.47. The number of carbonyl (C=O) groups is 1. The first-order valence-electron chi connectivity index (χ1n) is 9.17. The Hall–Kier alpha value is -3.09. The van der Waals surface area contributed by atoms with Crippen LogP contribution in [0, 0.1) is 5.82 Å². The maximum atomic E-state index is 13.0. The first-order valence-corrected chi connectivity index (χ1v) is 9.17. The van der Waals surface area contributed by atoms with E-state index in [0.717, 1.165) is 0 Å². The zero-order valence-corrected chi connectivity index (χ0v) is 16.5. The molecule has 1 amide bonds. The summed E-state index contributed by atoms with van der Waals surface area (Å²) in [5, 5.41) is 4.09. The van der Waals surface area contributed by atoms with Crippen LogP contribution in [0.3, 0.4) is 0 Å². The summed E-state index contributed by atoms with van der Waals surface area (Å²) in [6.07, 6.45) is 0. The van der Waals surface area contributed by atoms with Gasteiger partial charge in [0.2, 0.25) is 5.75 Å². The molecule has 28 heavy (non-hydrogen) atoms. The van der Waals surface area contributed by atoms with Gasteiger partial charge >= 0.3 is 0 Å². The molecule has 2 aromatic carbocycles. The third-order valence-electron chi connectivity index (χ3n) is 3.76. The first-order chi connectivity index (χ1) is 13.5. The van der Waals surface area contributed by atoms with Gasteiger partial charge in [-0.1, -0.05) is 12.1 Å². The summed E-state index contributed by atoms with van der Waals surface area (Å²) in [5.41, 5.74) is 4.09. The topological polar surface area (TPSA) is 69.2 Å². The molecule has 0 aromatic heterocycles. The molecule has 1 N–H and O–H groups in total. The van der Waals surface area contributed by atoms with Crippen molar-refractivity contribution in [3.63, 3.8) is 0 Å². The Morgan fingerprint density at radius 3 is 1.96 bits per heavy atom. The van der Waals surface area contributed by atoms with E-state index in [1.54, 1.807) is 31.2 Å². The number of nitrogens with zero attached hydrogens (tertiary/aromatic N) is 1. The third kappa shape index (κ3) is 5.45. The molecule has 0 aliphatic rings. The molecule has 0 saturated heterocycles. The van der Waals surface area contributed by atoms with Gasteiger partial charge in [-0.15, -0.1) is 0 Å². The highest BCUT2D eigenvalue weighted by Gasteiger charge is 2.18. The van der Waals surface area contributed by atoms with Crippen molar-refractivity contribution in [1.82, 2.24) is 5.43 Å². The van der Waals surface area contributed by atoms with Gasteiger partial charge in [0.1, 0.15) is 5.82 Å². The Labute approximate surface area is 164 Å². The molecule has 0 heterocycles. The summed E-state index contributed by atoms with van der Waals surface area (Å²) >= 11 is 0. The van der Waals surface area contributed by atoms with Gasteiger partial charge in [0.15, 0.2) is 11.5 Å². The second-order valence-corrected chi connectivity index (χ2v) is 5.75. The van der Waals surface area contributed by atoms with Crippen LogP contribution in [-0.2, 0) is 0 Å². The third-order valence-corrected chi connectivity index (χ3v) is 3.76. The molecule has 0 aliphatic heterocycles. The molecule has 7 heteroatoms. The highest BCUT2D eigenvalue weighted by molar-refractivity contribution is 6.01. The van der Waals surface area contributed by atoms with Crippen LogP contribution in [0.2, 0.25) is 0 Å². The minimum absolute atomic E-state index is 0.325. The number of amides is 1. The monoisotopic (exact) mass is 388 g/mol. The normalized spacial score (nSPS) is 11.1. The number of benzene rings is 2. The van der Waals surface area contributed by atoms with Gasteiger partial charge in [0.25, 0.3) is 5.91 Å². The highest BCUT2D eigenvalue weighted by Crippen LogP contribution is 2.39. The molecule has 0 unspecified atom stereocenters. The molecular weight excluding hydrogens is 363 g/mol. The molecule has 6 nitrogen and oxygen atoms in total. The molecule has 0 aliphatic carbocycles. The number of hydrogen-bond donors (Lipinski definition) is 1.